The maximum Gasteiger partial charge on any atom is 0.313 e. The van der Waals surface area contributed by atoms with Gasteiger partial charge in [-0.3, -0.25) is 4.79 Å². The molecule has 5 nitrogen and oxygen atoms in total. The summed E-state index contributed by atoms with van der Waals surface area (Å²) in [6, 6.07) is 4.31. The highest BCUT2D eigenvalue weighted by Gasteiger charge is 2.39. The lowest BCUT2D eigenvalue weighted by molar-refractivity contribution is -0.142. The summed E-state index contributed by atoms with van der Waals surface area (Å²) in [7, 11) is 0. The van der Waals surface area contributed by atoms with Crippen LogP contribution in [-0.4, -0.2) is 28.1 Å². The molecule has 0 bridgehead atoms. The molecule has 0 spiro atoms. The van der Waals surface area contributed by atoms with Crippen LogP contribution in [0.25, 0.3) is 0 Å². The summed E-state index contributed by atoms with van der Waals surface area (Å²) in [6.07, 6.45) is 5.18. The van der Waals surface area contributed by atoms with E-state index < -0.39 is 0 Å². The van der Waals surface area contributed by atoms with Gasteiger partial charge in [-0.1, -0.05) is 32.6 Å². The maximum atomic E-state index is 11.5. The van der Waals surface area contributed by atoms with Gasteiger partial charge in [0.05, 0.1) is 12.2 Å². The van der Waals surface area contributed by atoms with Crippen LogP contribution in [0.15, 0.2) is 24.5 Å². The van der Waals surface area contributed by atoms with Crippen LogP contribution in [0.2, 0.25) is 0 Å². The van der Waals surface area contributed by atoms with Gasteiger partial charge in [-0.25, -0.2) is 9.97 Å². The fourth-order valence-electron chi connectivity index (χ4n) is 4.13. The van der Waals surface area contributed by atoms with Crippen LogP contribution in [0, 0.1) is 11.8 Å². The number of esters is 1. The first-order valence-electron chi connectivity index (χ1n) is 10.5. The minimum Gasteiger partial charge on any atom is -0.488 e. The van der Waals surface area contributed by atoms with Crippen LogP contribution in [0.3, 0.4) is 0 Å². The Labute approximate surface area is 179 Å². The molecule has 0 atom stereocenters. The quantitative estimate of drug-likeness (QED) is 0.557. The topological polar surface area (TPSA) is 61.3 Å². The monoisotopic (exact) mass is 406 g/mol. The summed E-state index contributed by atoms with van der Waals surface area (Å²) in [5, 5.41) is 0. The minimum absolute atomic E-state index is 0.0115. The zero-order valence-electron chi connectivity index (χ0n) is 18.8. The van der Waals surface area contributed by atoms with E-state index in [-0.39, 0.29) is 23.4 Å². The van der Waals surface area contributed by atoms with Gasteiger partial charge in [0, 0.05) is 23.5 Å². The number of hydrogen-bond acceptors (Lipinski definition) is 5. The average Bonchev–Trinajstić information content (AvgIpc) is 2.65. The van der Waals surface area contributed by atoms with Crippen LogP contribution in [-0.2, 0) is 27.8 Å². The molecule has 1 aromatic carbocycles. The summed E-state index contributed by atoms with van der Waals surface area (Å²) in [5.41, 5.74) is 3.90. The molecule has 2 heterocycles. The Morgan fingerprint density at radius 2 is 1.83 bits per heavy atom. The van der Waals surface area contributed by atoms with E-state index in [4.69, 9.17) is 9.47 Å². The maximum absolute atomic E-state index is 11.5. The summed E-state index contributed by atoms with van der Waals surface area (Å²) in [6.45, 7) is 13.0. The van der Waals surface area contributed by atoms with Gasteiger partial charge in [0.2, 0.25) is 0 Å². The lowest BCUT2D eigenvalue weighted by Crippen LogP contribution is -2.41. The number of ether oxygens (including phenoxy) is 2. The van der Waals surface area contributed by atoms with E-state index in [1.807, 2.05) is 0 Å². The summed E-state index contributed by atoms with van der Waals surface area (Å²) in [4.78, 5) is 20.0. The molecule has 1 aliphatic heterocycles. The number of fused-ring (bicyclic) bond motifs is 1. The molecular weight excluding hydrogens is 376 g/mol. The van der Waals surface area contributed by atoms with Gasteiger partial charge in [-0.15, -0.1) is 0 Å². The minimum atomic E-state index is -0.328. The summed E-state index contributed by atoms with van der Waals surface area (Å²) >= 11 is 0. The molecule has 0 saturated carbocycles. The molecule has 1 aliphatic rings. The summed E-state index contributed by atoms with van der Waals surface area (Å²) in [5.74, 6) is 7.52. The van der Waals surface area contributed by atoms with E-state index in [2.05, 4.69) is 68.6 Å². The Kier molecular flexibility index (Phi) is 6.17. The van der Waals surface area contributed by atoms with E-state index in [0.29, 0.717) is 18.0 Å². The molecule has 2 aromatic rings. The van der Waals surface area contributed by atoms with Crippen LogP contribution in [0.1, 0.15) is 76.0 Å². The molecule has 0 amide bonds. The number of aromatic nitrogens is 2. The number of hydrogen-bond donors (Lipinski definition) is 0. The molecule has 0 aliphatic carbocycles. The molecule has 0 saturated heterocycles. The van der Waals surface area contributed by atoms with Gasteiger partial charge < -0.3 is 9.47 Å². The van der Waals surface area contributed by atoms with E-state index in [1.54, 1.807) is 19.3 Å². The van der Waals surface area contributed by atoms with Crippen molar-refractivity contribution in [3.63, 3.8) is 0 Å². The number of rotatable bonds is 4. The second kappa shape index (κ2) is 8.47. The Hall–Kier alpha value is -2.87. The molecule has 0 unspecified atom stereocenters. The van der Waals surface area contributed by atoms with E-state index >= 15 is 0 Å². The van der Waals surface area contributed by atoms with Gasteiger partial charge in [0.15, 0.2) is 0 Å². The number of carbonyl (C=O) groups excluding carboxylic acids is 1. The van der Waals surface area contributed by atoms with E-state index in [0.717, 1.165) is 29.7 Å². The second-order valence-corrected chi connectivity index (χ2v) is 8.90. The third-order valence-electron chi connectivity index (χ3n) is 5.22. The lowest BCUT2D eigenvalue weighted by atomic mass is 9.73. The van der Waals surface area contributed by atoms with Crippen molar-refractivity contribution in [3.05, 3.63) is 52.6 Å². The first kappa shape index (κ1) is 21.8. The fourth-order valence-corrected chi connectivity index (χ4v) is 4.13. The largest absolute Gasteiger partial charge is 0.488 e. The Bertz CT molecular complexity index is 996. The van der Waals surface area contributed by atoms with Gasteiger partial charge in [0.1, 0.15) is 23.6 Å². The zero-order chi connectivity index (χ0) is 21.9. The Balaban J connectivity index is 1.88. The number of carbonyl (C=O) groups is 1. The van der Waals surface area contributed by atoms with Crippen molar-refractivity contribution < 1.29 is 14.3 Å². The Morgan fingerprint density at radius 3 is 2.47 bits per heavy atom. The first-order chi connectivity index (χ1) is 14.1. The predicted octanol–water partition coefficient (Wildman–Crippen LogP) is 4.38. The van der Waals surface area contributed by atoms with Gasteiger partial charge in [0.25, 0.3) is 0 Å². The standard InChI is InChI=1S/C25H30N2O3/c1-7-18-12-21-20(24(3,4)16-25(5,6)30-21)11-19(18)10-9-17-14-26-22(27-15-17)13-23(28)29-8-2/h11-12,14-15H,7-8,13,16H2,1-6H3. The van der Waals surface area contributed by atoms with Crippen LogP contribution < -0.4 is 4.74 Å². The van der Waals surface area contributed by atoms with Crippen molar-refractivity contribution in [2.75, 3.05) is 6.61 Å². The molecule has 158 valence electrons. The van der Waals surface area contributed by atoms with Crippen LogP contribution in [0.5, 0.6) is 5.75 Å². The number of benzene rings is 1. The van der Waals surface area contributed by atoms with E-state index in [1.165, 1.54) is 5.56 Å². The number of aryl methyl sites for hydroxylation is 1. The van der Waals surface area contributed by atoms with Crippen molar-refractivity contribution in [2.45, 2.75) is 71.8 Å². The third kappa shape index (κ3) is 4.99. The molecule has 0 radical (unpaired) electrons. The van der Waals surface area contributed by atoms with Crippen molar-refractivity contribution in [1.29, 1.82) is 0 Å². The molecule has 5 heteroatoms. The third-order valence-corrected chi connectivity index (χ3v) is 5.22. The highest BCUT2D eigenvalue weighted by molar-refractivity contribution is 5.71. The molecule has 0 N–H and O–H groups in total. The highest BCUT2D eigenvalue weighted by atomic mass is 16.5. The molecule has 1 aromatic heterocycles. The van der Waals surface area contributed by atoms with Gasteiger partial charge >= 0.3 is 5.97 Å². The molecule has 3 rings (SSSR count). The normalized spacial score (nSPS) is 15.9. The van der Waals surface area contributed by atoms with E-state index in [9.17, 15) is 4.79 Å². The Morgan fingerprint density at radius 1 is 1.13 bits per heavy atom. The van der Waals surface area contributed by atoms with Crippen LogP contribution >= 0.6 is 0 Å². The van der Waals surface area contributed by atoms with Crippen molar-refractivity contribution >= 4 is 5.97 Å². The number of nitrogens with zero attached hydrogens (tertiary/aromatic N) is 2. The smallest absolute Gasteiger partial charge is 0.313 e. The molecule has 0 fully saturated rings. The fraction of sp³-hybridized carbons (Fsp3) is 0.480. The van der Waals surface area contributed by atoms with Gasteiger partial charge in [-0.05, 0) is 56.7 Å². The summed E-state index contributed by atoms with van der Waals surface area (Å²) < 4.78 is 11.2. The average molecular weight is 407 g/mol. The highest BCUT2D eigenvalue weighted by Crippen LogP contribution is 2.45. The first-order valence-corrected chi connectivity index (χ1v) is 10.5. The predicted molar refractivity (Wildman–Crippen MR) is 117 cm³/mol. The van der Waals surface area contributed by atoms with Crippen molar-refractivity contribution in [3.8, 4) is 17.6 Å². The van der Waals surface area contributed by atoms with Crippen molar-refractivity contribution in [1.82, 2.24) is 9.97 Å². The SMILES string of the molecule is CCOC(=O)Cc1ncc(C#Cc2cc3c(cc2CC)OC(C)(C)CC3(C)C)cn1. The molecular formula is C25H30N2O3. The molecule has 30 heavy (non-hydrogen) atoms. The van der Waals surface area contributed by atoms with Crippen LogP contribution in [0.4, 0.5) is 0 Å². The zero-order valence-corrected chi connectivity index (χ0v) is 18.8. The lowest BCUT2D eigenvalue weighted by Gasteiger charge is -2.42. The van der Waals surface area contributed by atoms with Gasteiger partial charge in [-0.2, -0.15) is 0 Å². The second-order valence-electron chi connectivity index (χ2n) is 8.90. The van der Waals surface area contributed by atoms with Crippen molar-refractivity contribution in [2.24, 2.45) is 0 Å².